The summed E-state index contributed by atoms with van der Waals surface area (Å²) in [4.78, 5) is 26.6. The third-order valence-electron chi connectivity index (χ3n) is 6.31. The minimum atomic E-state index is -0.281. The molecule has 192 valence electrons. The summed E-state index contributed by atoms with van der Waals surface area (Å²) >= 11 is 6.10. The van der Waals surface area contributed by atoms with Crippen LogP contribution in [0, 0.1) is 19.9 Å². The van der Waals surface area contributed by atoms with Gasteiger partial charge in [0.2, 0.25) is 0 Å². The number of halogens is 1. The number of hydrogen-bond acceptors (Lipinski definition) is 4. The molecule has 2 saturated heterocycles. The first-order valence-corrected chi connectivity index (χ1v) is 12.7. The molecule has 2 atom stereocenters. The fourth-order valence-electron chi connectivity index (χ4n) is 4.52. The topological polar surface area (TPSA) is 81.4 Å². The molecule has 0 aromatic heterocycles. The standard InChI is InChI=1S/C14H17ClNO2.C13H18N2O2.Li/c1-10-3-4-13(15)14(9-10)18-12-5-7-16(8-6-12)11(2)17;1-9-7-15(8-10(2)17-9)13(16)12(14)11-5-3-4-6-11;/h3-4,9,12H,2,5-8H2,1H3;9-10H,3-5,7-8H2,1-2H3;/q-1;-2;+1/t;9-,10+;. The van der Waals surface area contributed by atoms with Gasteiger partial charge in [0.25, 0.3) is 0 Å². The molecule has 7 nitrogen and oxygen atoms in total. The number of likely N-dealkylation sites (tertiary alicyclic amines) is 1. The summed E-state index contributed by atoms with van der Waals surface area (Å²) in [5, 5.41) is 10.6. The molecule has 36 heavy (non-hydrogen) atoms. The van der Waals surface area contributed by atoms with Crippen molar-refractivity contribution in [3.05, 3.63) is 52.8 Å². The summed E-state index contributed by atoms with van der Waals surface area (Å²) in [6.45, 7) is 11.8. The summed E-state index contributed by atoms with van der Waals surface area (Å²) in [5.41, 5.74) is 1.69. The van der Waals surface area contributed by atoms with Gasteiger partial charge in [0.15, 0.2) is 0 Å². The van der Waals surface area contributed by atoms with Crippen molar-refractivity contribution in [2.75, 3.05) is 26.2 Å². The summed E-state index contributed by atoms with van der Waals surface area (Å²) in [7, 11) is 0. The number of amides is 2. The molecule has 1 aliphatic carbocycles. The van der Waals surface area contributed by atoms with Crippen LogP contribution in [0.15, 0.2) is 23.8 Å². The van der Waals surface area contributed by atoms with Crippen LogP contribution >= 0.6 is 11.6 Å². The zero-order valence-corrected chi connectivity index (χ0v) is 22.6. The minimum Gasteiger partial charge on any atom is -0.900 e. The van der Waals surface area contributed by atoms with Crippen LogP contribution in [0.1, 0.15) is 51.5 Å². The van der Waals surface area contributed by atoms with E-state index in [9.17, 15) is 15.0 Å². The molecule has 2 aliphatic heterocycles. The predicted octanol–water partition coefficient (Wildman–Crippen LogP) is 1.40. The number of allylic oxidation sites excluding steroid dienone is 1. The molecule has 2 heterocycles. The number of rotatable bonds is 4. The normalized spacial score (nSPS) is 22.1. The van der Waals surface area contributed by atoms with Gasteiger partial charge in [-0.25, -0.2) is 5.57 Å². The van der Waals surface area contributed by atoms with Crippen LogP contribution in [0.25, 0.3) is 5.41 Å². The van der Waals surface area contributed by atoms with Crippen LogP contribution in [0.4, 0.5) is 0 Å². The van der Waals surface area contributed by atoms with Crippen LogP contribution in [0.5, 0.6) is 5.75 Å². The second kappa shape index (κ2) is 14.1. The van der Waals surface area contributed by atoms with Gasteiger partial charge < -0.3 is 36.4 Å². The number of hydrogen-bond donors (Lipinski definition) is 0. The van der Waals surface area contributed by atoms with Crippen LogP contribution in [-0.4, -0.2) is 71.8 Å². The minimum absolute atomic E-state index is 0. The Bertz CT molecular complexity index is 952. The maximum Gasteiger partial charge on any atom is 1.00 e. The van der Waals surface area contributed by atoms with Crippen LogP contribution in [-0.2, 0) is 14.3 Å². The molecular weight excluding hydrogens is 473 g/mol. The van der Waals surface area contributed by atoms with E-state index in [1.807, 2.05) is 39.0 Å². The fraction of sp³-hybridized carbons (Fsp3) is 0.556. The van der Waals surface area contributed by atoms with Crippen molar-refractivity contribution in [2.24, 2.45) is 0 Å². The Morgan fingerprint density at radius 3 is 2.36 bits per heavy atom. The van der Waals surface area contributed by atoms with Gasteiger partial charge >= 0.3 is 18.9 Å². The molecule has 0 N–H and O–H groups in total. The molecule has 0 unspecified atom stereocenters. The smallest absolute Gasteiger partial charge is 0.900 e. The van der Waals surface area contributed by atoms with E-state index in [1.165, 1.54) is 0 Å². The van der Waals surface area contributed by atoms with E-state index in [1.54, 1.807) is 9.80 Å². The maximum atomic E-state index is 12.1. The van der Waals surface area contributed by atoms with Gasteiger partial charge in [-0.2, -0.15) is 0 Å². The van der Waals surface area contributed by atoms with Crippen LogP contribution in [0.2, 0.25) is 5.02 Å². The Kier molecular flexibility index (Phi) is 11.9. The molecule has 2 fully saturated rings. The largest absolute Gasteiger partial charge is 1.00 e. The maximum absolute atomic E-state index is 12.1. The molecule has 4 rings (SSSR count). The van der Waals surface area contributed by atoms with Gasteiger partial charge in [0.05, 0.1) is 23.1 Å². The number of piperidine rings is 1. The Morgan fingerprint density at radius 2 is 1.81 bits per heavy atom. The molecule has 1 aromatic carbocycles. The molecule has 3 aliphatic rings. The third-order valence-corrected chi connectivity index (χ3v) is 6.62. The van der Waals surface area contributed by atoms with Gasteiger partial charge in [-0.05, 0) is 38.5 Å². The Balaban J connectivity index is 0.000000247. The molecule has 9 heteroatoms. The first-order valence-electron chi connectivity index (χ1n) is 12.3. The SMILES string of the molecule is C[C@@H]1CN(C(=O)C(=[N-])C2=[C-]CCC2)C[C@H](C)O1.[CH2-]C(=O)N1CCC(Oc2cc(C)ccc2Cl)CC1.[Li+]. The molecular formula is C27H35ClLiN3O4-2. The average molecular weight is 508 g/mol. The summed E-state index contributed by atoms with van der Waals surface area (Å²) in [5.74, 6) is 0.342. The van der Waals surface area contributed by atoms with E-state index in [0.717, 1.165) is 43.4 Å². The number of aryl methyl sites for hydroxylation is 1. The van der Waals surface area contributed by atoms with E-state index >= 15 is 0 Å². The van der Waals surface area contributed by atoms with Crippen molar-refractivity contribution >= 4 is 29.1 Å². The van der Waals surface area contributed by atoms with Gasteiger partial charge in [0.1, 0.15) is 17.8 Å². The molecule has 0 saturated carbocycles. The number of benzene rings is 1. The van der Waals surface area contributed by atoms with Gasteiger partial charge in [0, 0.05) is 39.0 Å². The van der Waals surface area contributed by atoms with Gasteiger partial charge in [-0.3, -0.25) is 16.6 Å². The summed E-state index contributed by atoms with van der Waals surface area (Å²) in [6, 6.07) is 5.75. The monoisotopic (exact) mass is 507 g/mol. The van der Waals surface area contributed by atoms with Gasteiger partial charge in [-0.1, -0.05) is 30.5 Å². The van der Waals surface area contributed by atoms with Crippen molar-refractivity contribution in [1.82, 2.24) is 9.80 Å². The number of morpholine rings is 1. The average Bonchev–Trinajstić information content (AvgIpc) is 3.36. The zero-order valence-electron chi connectivity index (χ0n) is 21.9. The van der Waals surface area contributed by atoms with E-state index < -0.39 is 0 Å². The van der Waals surface area contributed by atoms with E-state index in [0.29, 0.717) is 36.8 Å². The van der Waals surface area contributed by atoms with Crippen molar-refractivity contribution in [3.63, 3.8) is 0 Å². The van der Waals surface area contributed by atoms with E-state index in [-0.39, 0.29) is 54.7 Å². The molecule has 0 bridgehead atoms. The quantitative estimate of drug-likeness (QED) is 0.350. The molecule has 0 radical (unpaired) electrons. The second-order valence-electron chi connectivity index (χ2n) is 9.46. The second-order valence-corrected chi connectivity index (χ2v) is 9.86. The van der Waals surface area contributed by atoms with Crippen LogP contribution in [0.3, 0.4) is 0 Å². The summed E-state index contributed by atoms with van der Waals surface area (Å²) in [6.07, 6.45) is 7.44. The van der Waals surface area contributed by atoms with E-state index in [2.05, 4.69) is 13.0 Å². The van der Waals surface area contributed by atoms with Crippen molar-refractivity contribution in [1.29, 1.82) is 0 Å². The number of ether oxygens (including phenoxy) is 2. The first kappa shape index (κ1) is 30.3. The van der Waals surface area contributed by atoms with Crippen molar-refractivity contribution in [2.45, 2.75) is 71.2 Å². The summed E-state index contributed by atoms with van der Waals surface area (Å²) < 4.78 is 11.5. The first-order chi connectivity index (χ1) is 16.6. The Hall–Kier alpha value is -1.91. The molecule has 0 spiro atoms. The van der Waals surface area contributed by atoms with Crippen molar-refractivity contribution < 1.29 is 37.9 Å². The number of carbonyl (C=O) groups is 2. The molecule has 1 aromatic rings. The fourth-order valence-corrected chi connectivity index (χ4v) is 4.68. The third kappa shape index (κ3) is 8.59. The number of carbonyl (C=O) groups excluding carboxylic acids is 2. The van der Waals surface area contributed by atoms with Crippen molar-refractivity contribution in [3.8, 4) is 5.75 Å². The molecule has 2 amide bonds. The Morgan fingerprint density at radius 1 is 1.17 bits per heavy atom. The predicted molar refractivity (Wildman–Crippen MR) is 137 cm³/mol. The van der Waals surface area contributed by atoms with E-state index in [4.69, 9.17) is 21.1 Å². The zero-order chi connectivity index (χ0) is 25.5. The number of nitrogens with zero attached hydrogens (tertiary/aromatic N) is 3. The van der Waals surface area contributed by atoms with Gasteiger partial charge in [-0.15, -0.1) is 6.42 Å². The Labute approximate surface area is 232 Å². The van der Waals surface area contributed by atoms with Crippen LogP contribution < -0.4 is 23.6 Å².